The molecule has 1 unspecified atom stereocenters. The summed E-state index contributed by atoms with van der Waals surface area (Å²) in [4.78, 5) is 21.9. The average Bonchev–Trinajstić information content (AvgIpc) is 2.44. The summed E-state index contributed by atoms with van der Waals surface area (Å²) >= 11 is 3.36. The highest BCUT2D eigenvalue weighted by atomic mass is 79.9. The van der Waals surface area contributed by atoms with Gasteiger partial charge in [0.05, 0.1) is 16.7 Å². The van der Waals surface area contributed by atoms with Gasteiger partial charge in [0.15, 0.2) is 0 Å². The molecule has 0 bridgehead atoms. The van der Waals surface area contributed by atoms with E-state index in [1.54, 1.807) is 4.68 Å². The van der Waals surface area contributed by atoms with E-state index in [0.717, 1.165) is 15.9 Å². The summed E-state index contributed by atoms with van der Waals surface area (Å²) in [5.74, 6) is -1.46. The van der Waals surface area contributed by atoms with Crippen molar-refractivity contribution in [3.8, 4) is 0 Å². The maximum absolute atomic E-state index is 11.0. The summed E-state index contributed by atoms with van der Waals surface area (Å²) in [5.41, 5.74) is 1.62. The van der Waals surface area contributed by atoms with Crippen LogP contribution in [-0.4, -0.2) is 32.8 Å². The van der Waals surface area contributed by atoms with Crippen molar-refractivity contribution in [2.24, 2.45) is 0 Å². The van der Waals surface area contributed by atoms with Gasteiger partial charge in [-0.05, 0) is 29.8 Å². The van der Waals surface area contributed by atoms with Crippen molar-refractivity contribution in [2.75, 3.05) is 0 Å². The Balaban J connectivity index is 2.89. The molecule has 0 saturated carbocycles. The molecular weight excluding hydrogens is 290 g/mol. The maximum atomic E-state index is 11.0. The number of carboxylic acid groups (broad SMARTS) is 1. The van der Waals surface area contributed by atoms with Crippen molar-refractivity contribution < 1.29 is 14.7 Å². The van der Waals surface area contributed by atoms with Crippen LogP contribution in [0.2, 0.25) is 0 Å². The number of aryl methyl sites for hydroxylation is 1. The van der Waals surface area contributed by atoms with Crippen molar-refractivity contribution in [3.63, 3.8) is 0 Å². The molecule has 0 aromatic carbocycles. The second-order valence-corrected chi connectivity index (χ2v) is 4.55. The van der Waals surface area contributed by atoms with Crippen LogP contribution in [0.1, 0.15) is 18.3 Å². The molecule has 94 valence electrons. The van der Waals surface area contributed by atoms with Crippen molar-refractivity contribution in [1.82, 2.24) is 15.1 Å². The third-order valence-corrected chi connectivity index (χ3v) is 3.47. The number of rotatable bonds is 4. The van der Waals surface area contributed by atoms with Crippen molar-refractivity contribution in [3.05, 3.63) is 15.9 Å². The molecule has 0 spiro atoms. The Morgan fingerprint density at radius 3 is 2.47 bits per heavy atom. The maximum Gasteiger partial charge on any atom is 0.328 e. The standard InChI is InChI=1S/C10H14BrN3O3/c1-5-9(11)6(2)14(13-5)4-8(10(16)17)12-7(3)15/h8H,4H2,1-3H3,(H,12,15)(H,16,17). The lowest BCUT2D eigenvalue weighted by molar-refractivity contribution is -0.142. The number of halogens is 1. The molecule has 7 heteroatoms. The normalized spacial score (nSPS) is 12.2. The van der Waals surface area contributed by atoms with Crippen LogP contribution in [0, 0.1) is 13.8 Å². The Labute approximate surface area is 107 Å². The van der Waals surface area contributed by atoms with Crippen LogP contribution in [-0.2, 0) is 16.1 Å². The number of nitrogens with one attached hydrogen (secondary N) is 1. The zero-order valence-corrected chi connectivity index (χ0v) is 11.4. The lowest BCUT2D eigenvalue weighted by Gasteiger charge is -2.14. The Morgan fingerprint density at radius 2 is 2.12 bits per heavy atom. The largest absolute Gasteiger partial charge is 0.480 e. The monoisotopic (exact) mass is 303 g/mol. The number of carboxylic acids is 1. The number of hydrogen-bond acceptors (Lipinski definition) is 3. The first-order chi connectivity index (χ1) is 7.82. The second kappa shape index (κ2) is 5.31. The summed E-state index contributed by atoms with van der Waals surface area (Å²) in [7, 11) is 0. The number of carbonyl (C=O) groups is 2. The fourth-order valence-corrected chi connectivity index (χ4v) is 1.74. The van der Waals surface area contributed by atoms with E-state index in [-0.39, 0.29) is 12.5 Å². The third-order valence-electron chi connectivity index (χ3n) is 2.32. The van der Waals surface area contributed by atoms with Crippen LogP contribution in [0.15, 0.2) is 4.47 Å². The molecule has 1 atom stereocenters. The topological polar surface area (TPSA) is 84.2 Å². The van der Waals surface area contributed by atoms with Gasteiger partial charge in [-0.1, -0.05) is 0 Å². The third kappa shape index (κ3) is 3.29. The van der Waals surface area contributed by atoms with Gasteiger partial charge in [-0.2, -0.15) is 5.10 Å². The SMILES string of the molecule is CC(=O)NC(Cn1nc(C)c(Br)c1C)C(=O)O. The molecule has 1 amide bonds. The van der Waals surface area contributed by atoms with Crippen molar-refractivity contribution in [1.29, 1.82) is 0 Å². The highest BCUT2D eigenvalue weighted by Crippen LogP contribution is 2.19. The number of carbonyl (C=O) groups excluding carboxylic acids is 1. The molecule has 1 aromatic rings. The van der Waals surface area contributed by atoms with Gasteiger partial charge in [-0.15, -0.1) is 0 Å². The number of aliphatic carboxylic acids is 1. The molecule has 0 aliphatic carbocycles. The summed E-state index contributed by atoms with van der Waals surface area (Å²) in [5, 5.41) is 15.5. The Bertz CT molecular complexity index is 456. The lowest BCUT2D eigenvalue weighted by Crippen LogP contribution is -2.43. The summed E-state index contributed by atoms with van der Waals surface area (Å²) in [6.07, 6.45) is 0. The summed E-state index contributed by atoms with van der Waals surface area (Å²) < 4.78 is 2.41. The zero-order chi connectivity index (χ0) is 13.2. The van der Waals surface area contributed by atoms with E-state index < -0.39 is 12.0 Å². The molecule has 0 saturated heterocycles. The van der Waals surface area contributed by atoms with Crippen LogP contribution in [0.25, 0.3) is 0 Å². The van der Waals surface area contributed by atoms with E-state index in [1.165, 1.54) is 6.92 Å². The van der Waals surface area contributed by atoms with Crippen LogP contribution < -0.4 is 5.32 Å². The van der Waals surface area contributed by atoms with Gasteiger partial charge in [0, 0.05) is 12.6 Å². The van der Waals surface area contributed by atoms with Gasteiger partial charge < -0.3 is 10.4 Å². The molecule has 0 radical (unpaired) electrons. The fraction of sp³-hybridized carbons (Fsp3) is 0.500. The van der Waals surface area contributed by atoms with Crippen molar-refractivity contribution >= 4 is 27.8 Å². The molecule has 1 aromatic heterocycles. The molecule has 0 fully saturated rings. The molecule has 6 nitrogen and oxygen atoms in total. The summed E-state index contributed by atoms with van der Waals surface area (Å²) in [6, 6.07) is -0.975. The Morgan fingerprint density at radius 1 is 1.53 bits per heavy atom. The van der Waals surface area contributed by atoms with E-state index >= 15 is 0 Å². The van der Waals surface area contributed by atoms with Gasteiger partial charge >= 0.3 is 5.97 Å². The van der Waals surface area contributed by atoms with Gasteiger partial charge in [-0.25, -0.2) is 4.79 Å². The predicted octanol–water partition coefficient (Wildman–Crippen LogP) is 0.852. The fourth-order valence-electron chi connectivity index (χ4n) is 1.46. The summed E-state index contributed by atoms with van der Waals surface area (Å²) in [6.45, 7) is 5.04. The molecule has 1 heterocycles. The number of nitrogens with zero attached hydrogens (tertiary/aromatic N) is 2. The second-order valence-electron chi connectivity index (χ2n) is 3.76. The van der Waals surface area contributed by atoms with Gasteiger partial charge in [0.2, 0.25) is 5.91 Å². The van der Waals surface area contributed by atoms with Crippen LogP contribution >= 0.6 is 15.9 Å². The van der Waals surface area contributed by atoms with Crippen LogP contribution in [0.5, 0.6) is 0 Å². The Hall–Kier alpha value is -1.37. The minimum Gasteiger partial charge on any atom is -0.480 e. The Kier molecular flexibility index (Phi) is 4.28. The van der Waals surface area contributed by atoms with E-state index in [0.29, 0.717) is 0 Å². The van der Waals surface area contributed by atoms with Gasteiger partial charge in [0.25, 0.3) is 0 Å². The first kappa shape index (κ1) is 13.7. The highest BCUT2D eigenvalue weighted by Gasteiger charge is 2.21. The molecular formula is C10H14BrN3O3. The smallest absolute Gasteiger partial charge is 0.328 e. The van der Waals surface area contributed by atoms with Crippen LogP contribution in [0.3, 0.4) is 0 Å². The molecule has 2 N–H and O–H groups in total. The van der Waals surface area contributed by atoms with E-state index in [4.69, 9.17) is 5.11 Å². The first-order valence-electron chi connectivity index (χ1n) is 5.02. The number of hydrogen-bond donors (Lipinski definition) is 2. The van der Waals surface area contributed by atoms with E-state index in [9.17, 15) is 9.59 Å². The predicted molar refractivity (Wildman–Crippen MR) is 64.6 cm³/mol. The highest BCUT2D eigenvalue weighted by molar-refractivity contribution is 9.10. The molecule has 1 rings (SSSR count). The number of aromatic nitrogens is 2. The first-order valence-corrected chi connectivity index (χ1v) is 5.81. The molecule has 17 heavy (non-hydrogen) atoms. The zero-order valence-electron chi connectivity index (χ0n) is 9.82. The quantitative estimate of drug-likeness (QED) is 0.864. The van der Waals surface area contributed by atoms with Crippen molar-refractivity contribution in [2.45, 2.75) is 33.4 Å². The van der Waals surface area contributed by atoms with Gasteiger partial charge in [-0.3, -0.25) is 9.48 Å². The minimum absolute atomic E-state index is 0.104. The molecule has 0 aliphatic heterocycles. The lowest BCUT2D eigenvalue weighted by atomic mass is 10.3. The van der Waals surface area contributed by atoms with E-state index in [2.05, 4.69) is 26.3 Å². The number of amides is 1. The average molecular weight is 304 g/mol. The molecule has 0 aliphatic rings. The minimum atomic E-state index is -1.08. The van der Waals surface area contributed by atoms with E-state index in [1.807, 2.05) is 13.8 Å². The van der Waals surface area contributed by atoms with Crippen LogP contribution in [0.4, 0.5) is 0 Å². The van der Waals surface area contributed by atoms with Gasteiger partial charge in [0.1, 0.15) is 6.04 Å².